The highest BCUT2D eigenvalue weighted by molar-refractivity contribution is 6.30. The fraction of sp³-hybridized carbons (Fsp3) is 0.333. The number of nitrogens with zero attached hydrogens (tertiary/aromatic N) is 2. The fourth-order valence-electron chi connectivity index (χ4n) is 1.25. The van der Waals surface area contributed by atoms with Gasteiger partial charge in [-0.25, -0.2) is 4.99 Å². The van der Waals surface area contributed by atoms with Crippen LogP contribution in [0.2, 0.25) is 5.02 Å². The van der Waals surface area contributed by atoms with Crippen LogP contribution in [0.15, 0.2) is 23.2 Å². The van der Waals surface area contributed by atoms with E-state index in [9.17, 15) is 0 Å². The molecule has 0 unspecified atom stereocenters. The Bertz CT molecular complexity index is 435. The van der Waals surface area contributed by atoms with Gasteiger partial charge in [0, 0.05) is 11.4 Å². The smallest absolute Gasteiger partial charge is 0.188 e. The highest BCUT2D eigenvalue weighted by Crippen LogP contribution is 2.23. The zero-order chi connectivity index (χ0) is 12.0. The topological polar surface area (TPSA) is 45.4 Å². The molecule has 4 heteroatoms. The Hall–Kier alpha value is -1.53. The zero-order valence-corrected chi connectivity index (χ0v) is 10.1. The number of halogens is 1. The number of hydrogen-bond acceptors (Lipinski definition) is 3. The highest BCUT2D eigenvalue weighted by Gasteiger charge is 2.04. The van der Waals surface area contributed by atoms with E-state index < -0.39 is 0 Å². The molecule has 0 aliphatic heterocycles. The number of rotatable bonds is 3. The first-order chi connectivity index (χ1) is 7.71. The Morgan fingerprint density at radius 3 is 2.88 bits per heavy atom. The molecule has 1 rings (SSSR count). The molecular formula is C12H13ClN2O. The number of methoxy groups -OCH3 is 1. The molecule has 0 atom stereocenters. The lowest BCUT2D eigenvalue weighted by atomic mass is 10.2. The van der Waals surface area contributed by atoms with E-state index >= 15 is 0 Å². The molecule has 1 aromatic carbocycles. The number of ether oxygens (including phenoxy) is 1. The van der Waals surface area contributed by atoms with Crippen molar-refractivity contribution in [2.24, 2.45) is 4.99 Å². The Morgan fingerprint density at radius 2 is 2.31 bits per heavy atom. The maximum Gasteiger partial charge on any atom is 0.188 e. The summed E-state index contributed by atoms with van der Waals surface area (Å²) in [4.78, 5) is 4.29. The van der Waals surface area contributed by atoms with Crippen molar-refractivity contribution in [2.75, 3.05) is 7.11 Å². The third-order valence-corrected chi connectivity index (χ3v) is 2.26. The van der Waals surface area contributed by atoms with Crippen molar-refractivity contribution in [3.05, 3.63) is 28.8 Å². The number of aliphatic imine (C=N–C) groups is 1. The first-order valence-electron chi connectivity index (χ1n) is 5.02. The molecule has 1 aromatic rings. The van der Waals surface area contributed by atoms with Crippen LogP contribution in [-0.2, 0) is 4.74 Å². The van der Waals surface area contributed by atoms with Crippen molar-refractivity contribution in [1.29, 1.82) is 5.26 Å². The van der Waals surface area contributed by atoms with Crippen molar-refractivity contribution in [1.82, 2.24) is 0 Å². The van der Waals surface area contributed by atoms with Crippen molar-refractivity contribution in [3.63, 3.8) is 0 Å². The van der Waals surface area contributed by atoms with Crippen LogP contribution in [0.3, 0.4) is 0 Å². The Labute approximate surface area is 100 Å². The quantitative estimate of drug-likeness (QED) is 0.594. The molecule has 0 radical (unpaired) electrons. The average molecular weight is 237 g/mol. The summed E-state index contributed by atoms with van der Waals surface area (Å²) in [6.07, 6.45) is 1.70. The molecule has 0 fully saturated rings. The lowest BCUT2D eigenvalue weighted by molar-refractivity contribution is 0.389. The second-order valence-electron chi connectivity index (χ2n) is 3.23. The summed E-state index contributed by atoms with van der Waals surface area (Å²) in [5, 5.41) is 9.47. The number of hydrogen-bond donors (Lipinski definition) is 0. The predicted molar refractivity (Wildman–Crippen MR) is 65.2 cm³/mol. The van der Waals surface area contributed by atoms with Gasteiger partial charge >= 0.3 is 0 Å². The van der Waals surface area contributed by atoms with Crippen molar-refractivity contribution < 1.29 is 4.74 Å². The van der Waals surface area contributed by atoms with E-state index in [0.29, 0.717) is 22.2 Å². The van der Waals surface area contributed by atoms with E-state index in [1.165, 1.54) is 0 Å². The van der Waals surface area contributed by atoms with Gasteiger partial charge in [-0.2, -0.15) is 5.26 Å². The van der Waals surface area contributed by atoms with Crippen LogP contribution in [0.25, 0.3) is 0 Å². The molecule has 0 saturated heterocycles. The molecular weight excluding hydrogens is 224 g/mol. The summed E-state index contributed by atoms with van der Waals surface area (Å²) in [7, 11) is 1.58. The molecule has 0 aliphatic rings. The normalized spacial score (nSPS) is 11.0. The first-order valence-corrected chi connectivity index (χ1v) is 5.40. The summed E-state index contributed by atoms with van der Waals surface area (Å²) >= 11 is 5.80. The molecule has 0 N–H and O–H groups in total. The van der Waals surface area contributed by atoms with E-state index in [-0.39, 0.29) is 0 Å². The Morgan fingerprint density at radius 1 is 1.56 bits per heavy atom. The van der Waals surface area contributed by atoms with Gasteiger partial charge in [-0.1, -0.05) is 18.5 Å². The van der Waals surface area contributed by atoms with Crippen LogP contribution in [0.5, 0.6) is 0 Å². The SMILES string of the molecule is CCCC(=Nc1ccc(Cl)cc1C#N)OC. The fourth-order valence-corrected chi connectivity index (χ4v) is 1.42. The van der Waals surface area contributed by atoms with Crippen LogP contribution in [0.4, 0.5) is 5.69 Å². The van der Waals surface area contributed by atoms with Gasteiger partial charge in [-0.3, -0.25) is 0 Å². The molecule has 0 saturated carbocycles. The van der Waals surface area contributed by atoms with Crippen LogP contribution in [-0.4, -0.2) is 13.0 Å². The lowest BCUT2D eigenvalue weighted by Gasteiger charge is -2.04. The van der Waals surface area contributed by atoms with Crippen molar-refractivity contribution in [2.45, 2.75) is 19.8 Å². The van der Waals surface area contributed by atoms with Crippen molar-refractivity contribution in [3.8, 4) is 6.07 Å². The molecule has 84 valence electrons. The Kier molecular flexibility index (Phi) is 4.81. The molecule has 0 bridgehead atoms. The van der Waals surface area contributed by atoms with Gasteiger partial charge in [0.1, 0.15) is 6.07 Å². The molecule has 0 heterocycles. The minimum atomic E-state index is 0.457. The van der Waals surface area contributed by atoms with Crippen molar-refractivity contribution >= 4 is 23.2 Å². The lowest BCUT2D eigenvalue weighted by Crippen LogP contribution is -1.99. The first kappa shape index (κ1) is 12.5. The van der Waals surface area contributed by atoms with Crippen LogP contribution in [0.1, 0.15) is 25.3 Å². The zero-order valence-electron chi connectivity index (χ0n) is 9.33. The minimum Gasteiger partial charge on any atom is -0.484 e. The van der Waals surface area contributed by atoms with E-state index in [2.05, 4.69) is 11.1 Å². The highest BCUT2D eigenvalue weighted by atomic mass is 35.5. The van der Waals surface area contributed by atoms with Gasteiger partial charge in [0.15, 0.2) is 5.90 Å². The van der Waals surface area contributed by atoms with E-state index in [1.807, 2.05) is 6.92 Å². The maximum absolute atomic E-state index is 8.94. The van der Waals surface area contributed by atoms with E-state index in [1.54, 1.807) is 25.3 Å². The van der Waals surface area contributed by atoms with Gasteiger partial charge in [-0.05, 0) is 24.6 Å². The third-order valence-electron chi connectivity index (χ3n) is 2.02. The van der Waals surface area contributed by atoms with Gasteiger partial charge in [0.2, 0.25) is 0 Å². The summed E-state index contributed by atoms with van der Waals surface area (Å²) in [6, 6.07) is 7.08. The van der Waals surface area contributed by atoms with Gasteiger partial charge < -0.3 is 4.74 Å². The van der Waals surface area contributed by atoms with Gasteiger partial charge in [-0.15, -0.1) is 0 Å². The third kappa shape index (κ3) is 3.25. The molecule has 16 heavy (non-hydrogen) atoms. The van der Waals surface area contributed by atoms with E-state index in [0.717, 1.165) is 12.8 Å². The monoisotopic (exact) mass is 236 g/mol. The molecule has 0 aromatic heterocycles. The predicted octanol–water partition coefficient (Wildman–Crippen LogP) is 3.69. The van der Waals surface area contributed by atoms with Gasteiger partial charge in [0.05, 0.1) is 18.4 Å². The van der Waals surface area contributed by atoms with Crippen LogP contribution < -0.4 is 0 Å². The summed E-state index contributed by atoms with van der Waals surface area (Å²) in [5.74, 6) is 0.626. The van der Waals surface area contributed by atoms with Crippen LogP contribution in [0, 0.1) is 11.3 Å². The molecule has 0 spiro atoms. The van der Waals surface area contributed by atoms with E-state index in [4.69, 9.17) is 21.6 Å². The standard InChI is InChI=1S/C12H13ClN2O/c1-3-4-12(16-2)15-11-6-5-10(13)7-9(11)8-14/h5-7H,3-4H2,1-2H3. The second-order valence-corrected chi connectivity index (χ2v) is 3.67. The Balaban J connectivity index is 3.08. The minimum absolute atomic E-state index is 0.457. The average Bonchev–Trinajstić information content (AvgIpc) is 2.30. The molecule has 3 nitrogen and oxygen atoms in total. The van der Waals surface area contributed by atoms with Crippen LogP contribution >= 0.6 is 11.6 Å². The summed E-state index contributed by atoms with van der Waals surface area (Å²) < 4.78 is 5.13. The number of nitriles is 1. The summed E-state index contributed by atoms with van der Waals surface area (Å²) in [6.45, 7) is 2.04. The second kappa shape index (κ2) is 6.14. The summed E-state index contributed by atoms with van der Waals surface area (Å²) in [5.41, 5.74) is 1.05. The largest absolute Gasteiger partial charge is 0.484 e. The maximum atomic E-state index is 8.94. The molecule has 0 aliphatic carbocycles. The van der Waals surface area contributed by atoms with Gasteiger partial charge in [0.25, 0.3) is 0 Å². The molecule has 0 amide bonds. The number of benzene rings is 1.